The van der Waals surface area contributed by atoms with E-state index in [1.54, 1.807) is 0 Å². The number of hydrogen-bond acceptors (Lipinski definition) is 2. The molecular formula is C22H26N2. The summed E-state index contributed by atoms with van der Waals surface area (Å²) in [6.07, 6.45) is 18.3. The van der Waals surface area contributed by atoms with E-state index in [0.29, 0.717) is 5.92 Å². The number of benzene rings is 1. The summed E-state index contributed by atoms with van der Waals surface area (Å²) < 4.78 is 0. The molecule has 2 unspecified atom stereocenters. The molecule has 24 heavy (non-hydrogen) atoms. The number of allylic oxidation sites excluding steroid dienone is 7. The highest BCUT2D eigenvalue weighted by Crippen LogP contribution is 2.43. The van der Waals surface area contributed by atoms with Crippen LogP contribution in [-0.2, 0) is 0 Å². The molecule has 2 N–H and O–H groups in total. The number of fused-ring (bicyclic) bond motifs is 1. The van der Waals surface area contributed by atoms with Gasteiger partial charge in [0.2, 0.25) is 0 Å². The zero-order chi connectivity index (χ0) is 16.9. The van der Waals surface area contributed by atoms with Crippen LogP contribution in [0.1, 0.15) is 37.7 Å². The molecule has 1 aromatic rings. The summed E-state index contributed by atoms with van der Waals surface area (Å²) in [6.45, 7) is 6.08. The minimum absolute atomic E-state index is 0.204. The van der Waals surface area contributed by atoms with E-state index in [1.165, 1.54) is 16.7 Å². The van der Waals surface area contributed by atoms with Crippen LogP contribution in [-0.4, -0.2) is 6.04 Å². The van der Waals surface area contributed by atoms with Gasteiger partial charge in [-0.1, -0.05) is 67.3 Å². The highest BCUT2D eigenvalue weighted by molar-refractivity contribution is 5.62. The molecule has 0 fully saturated rings. The zero-order valence-electron chi connectivity index (χ0n) is 14.4. The summed E-state index contributed by atoms with van der Waals surface area (Å²) in [5.41, 5.74) is 4.98. The zero-order valence-corrected chi connectivity index (χ0v) is 14.4. The van der Waals surface area contributed by atoms with Crippen molar-refractivity contribution in [3.63, 3.8) is 0 Å². The lowest BCUT2D eigenvalue weighted by atomic mass is 9.78. The number of anilines is 1. The van der Waals surface area contributed by atoms with Crippen molar-refractivity contribution >= 4 is 5.69 Å². The van der Waals surface area contributed by atoms with Crippen LogP contribution in [0.2, 0.25) is 0 Å². The fraction of sp³-hybridized carbons (Fsp3) is 0.273. The summed E-state index contributed by atoms with van der Waals surface area (Å²) in [6, 6.07) is 8.67. The monoisotopic (exact) mass is 318 g/mol. The molecule has 2 aliphatic rings. The number of para-hydroxylation sites is 1. The maximum absolute atomic E-state index is 6.52. The molecule has 0 bridgehead atoms. The molecule has 124 valence electrons. The second-order valence-corrected chi connectivity index (χ2v) is 6.35. The molecule has 2 heteroatoms. The molecule has 0 radical (unpaired) electrons. The Morgan fingerprint density at radius 2 is 2.12 bits per heavy atom. The largest absolute Gasteiger partial charge is 0.303 e. The Balaban J connectivity index is 2.05. The third-order valence-corrected chi connectivity index (χ3v) is 4.91. The van der Waals surface area contributed by atoms with Crippen LogP contribution in [0.15, 0.2) is 84.5 Å². The van der Waals surface area contributed by atoms with Crippen molar-refractivity contribution in [1.29, 1.82) is 0 Å². The third kappa shape index (κ3) is 3.15. The van der Waals surface area contributed by atoms with E-state index in [2.05, 4.69) is 67.3 Å². The summed E-state index contributed by atoms with van der Waals surface area (Å²) in [5.74, 6) is 6.84. The Morgan fingerprint density at radius 1 is 1.29 bits per heavy atom. The van der Waals surface area contributed by atoms with E-state index in [-0.39, 0.29) is 6.04 Å². The first-order valence-corrected chi connectivity index (χ1v) is 8.71. The quantitative estimate of drug-likeness (QED) is 0.611. The lowest BCUT2D eigenvalue weighted by molar-refractivity contribution is 0.553. The molecule has 1 aromatic carbocycles. The lowest BCUT2D eigenvalue weighted by Gasteiger charge is -2.41. The van der Waals surface area contributed by atoms with Crippen LogP contribution in [0.25, 0.3) is 0 Å². The Bertz CT molecular complexity index is 721. The van der Waals surface area contributed by atoms with Gasteiger partial charge in [-0.25, -0.2) is 5.84 Å². The van der Waals surface area contributed by atoms with Gasteiger partial charge in [0, 0.05) is 5.92 Å². The van der Waals surface area contributed by atoms with Crippen molar-refractivity contribution in [3.8, 4) is 0 Å². The van der Waals surface area contributed by atoms with E-state index in [4.69, 9.17) is 5.84 Å². The summed E-state index contributed by atoms with van der Waals surface area (Å²) in [4.78, 5) is 0. The number of nitrogens with zero attached hydrogens (tertiary/aromatic N) is 1. The minimum Gasteiger partial charge on any atom is -0.303 e. The van der Waals surface area contributed by atoms with E-state index in [1.807, 2.05) is 18.0 Å². The molecular weight excluding hydrogens is 292 g/mol. The van der Waals surface area contributed by atoms with Crippen molar-refractivity contribution < 1.29 is 0 Å². The first kappa shape index (κ1) is 16.5. The SMILES string of the molecule is C=C/C(=C\C=C/C)C1CC(C2=CCCC=C2)N(N)c2ccccc21. The van der Waals surface area contributed by atoms with Crippen LogP contribution in [0.5, 0.6) is 0 Å². The van der Waals surface area contributed by atoms with Gasteiger partial charge in [0.15, 0.2) is 0 Å². The predicted octanol–water partition coefficient (Wildman–Crippen LogP) is 5.19. The van der Waals surface area contributed by atoms with Crippen molar-refractivity contribution in [3.05, 3.63) is 90.1 Å². The number of hydrogen-bond donors (Lipinski definition) is 1. The first-order chi connectivity index (χ1) is 11.8. The van der Waals surface area contributed by atoms with E-state index in [9.17, 15) is 0 Å². The molecule has 0 aromatic heterocycles. The highest BCUT2D eigenvalue weighted by Gasteiger charge is 2.33. The lowest BCUT2D eigenvalue weighted by Crippen LogP contribution is -2.46. The Kier molecular flexibility index (Phi) is 5.17. The van der Waals surface area contributed by atoms with E-state index >= 15 is 0 Å². The molecule has 0 spiro atoms. The fourth-order valence-electron chi connectivity index (χ4n) is 3.68. The maximum Gasteiger partial charge on any atom is 0.0707 e. The van der Waals surface area contributed by atoms with Crippen molar-refractivity contribution in [1.82, 2.24) is 0 Å². The van der Waals surface area contributed by atoms with E-state index < -0.39 is 0 Å². The molecule has 0 saturated heterocycles. The smallest absolute Gasteiger partial charge is 0.0707 e. The van der Waals surface area contributed by atoms with Crippen molar-refractivity contribution in [2.24, 2.45) is 5.84 Å². The predicted molar refractivity (Wildman–Crippen MR) is 104 cm³/mol. The van der Waals surface area contributed by atoms with Gasteiger partial charge in [0.05, 0.1) is 11.7 Å². The van der Waals surface area contributed by atoms with Crippen molar-refractivity contribution in [2.45, 2.75) is 38.1 Å². The van der Waals surface area contributed by atoms with Gasteiger partial charge < -0.3 is 5.01 Å². The number of nitrogens with two attached hydrogens (primary N) is 1. The van der Waals surface area contributed by atoms with Crippen LogP contribution < -0.4 is 10.9 Å². The number of rotatable bonds is 4. The molecule has 1 aliphatic carbocycles. The second kappa shape index (κ2) is 7.50. The van der Waals surface area contributed by atoms with Gasteiger partial charge in [-0.3, -0.25) is 0 Å². The summed E-state index contributed by atoms with van der Waals surface area (Å²) in [5, 5.41) is 1.95. The van der Waals surface area contributed by atoms with Gasteiger partial charge in [-0.15, -0.1) is 0 Å². The minimum atomic E-state index is 0.204. The standard InChI is InChI=1S/C22H26N2/c1-3-5-11-17(4-2)20-16-22(18-12-7-6-8-13-18)24(23)21-15-10-9-14-19(20)21/h3-5,7,9-15,20,22H,2,6,8,16,23H2,1H3/b5-3-,17-11+. The average Bonchev–Trinajstić information content (AvgIpc) is 2.64. The first-order valence-electron chi connectivity index (χ1n) is 8.71. The highest BCUT2D eigenvalue weighted by atomic mass is 15.4. The van der Waals surface area contributed by atoms with Crippen LogP contribution in [0, 0.1) is 0 Å². The summed E-state index contributed by atoms with van der Waals surface area (Å²) in [7, 11) is 0. The van der Waals surface area contributed by atoms with Crippen LogP contribution in [0.4, 0.5) is 5.69 Å². The van der Waals surface area contributed by atoms with Gasteiger partial charge in [-0.2, -0.15) is 0 Å². The number of hydrazine groups is 1. The Morgan fingerprint density at radius 3 is 2.83 bits per heavy atom. The van der Waals surface area contributed by atoms with Gasteiger partial charge >= 0.3 is 0 Å². The Hall–Kier alpha value is -2.32. The van der Waals surface area contributed by atoms with Crippen LogP contribution >= 0.6 is 0 Å². The molecule has 2 nitrogen and oxygen atoms in total. The molecule has 1 aliphatic heterocycles. The van der Waals surface area contributed by atoms with Gasteiger partial charge in [-0.05, 0) is 49.0 Å². The molecule has 0 amide bonds. The van der Waals surface area contributed by atoms with Crippen molar-refractivity contribution in [2.75, 3.05) is 5.01 Å². The second-order valence-electron chi connectivity index (χ2n) is 6.35. The molecule has 0 saturated carbocycles. The van der Waals surface area contributed by atoms with E-state index in [0.717, 1.165) is 24.9 Å². The average molecular weight is 318 g/mol. The summed E-state index contributed by atoms with van der Waals surface area (Å²) >= 11 is 0. The Labute approximate surface area is 145 Å². The fourth-order valence-corrected chi connectivity index (χ4v) is 3.68. The molecule has 3 rings (SSSR count). The third-order valence-electron chi connectivity index (χ3n) is 4.91. The molecule has 1 heterocycles. The normalized spacial score (nSPS) is 24.0. The topological polar surface area (TPSA) is 29.3 Å². The van der Waals surface area contributed by atoms with Crippen LogP contribution in [0.3, 0.4) is 0 Å². The molecule has 2 atom stereocenters. The van der Waals surface area contributed by atoms with Gasteiger partial charge in [0.25, 0.3) is 0 Å². The van der Waals surface area contributed by atoms with Gasteiger partial charge in [0.1, 0.15) is 0 Å². The maximum atomic E-state index is 6.52.